The van der Waals surface area contributed by atoms with E-state index in [1.807, 2.05) is 19.1 Å². The summed E-state index contributed by atoms with van der Waals surface area (Å²) in [5.41, 5.74) is 3.78. The molecule has 1 heterocycles. The predicted octanol–water partition coefficient (Wildman–Crippen LogP) is 5.50. The van der Waals surface area contributed by atoms with Gasteiger partial charge in [0.15, 0.2) is 23.0 Å². The van der Waals surface area contributed by atoms with Crippen molar-refractivity contribution in [1.82, 2.24) is 0 Å². The number of ether oxygens (including phenoxy) is 7. The lowest BCUT2D eigenvalue weighted by atomic mass is 9.75. The van der Waals surface area contributed by atoms with Gasteiger partial charge in [-0.3, -0.25) is 0 Å². The van der Waals surface area contributed by atoms with E-state index in [-0.39, 0.29) is 24.6 Å². The van der Waals surface area contributed by atoms with E-state index >= 15 is 0 Å². The molecular formula is C28H34O8. The van der Waals surface area contributed by atoms with E-state index < -0.39 is 6.10 Å². The summed E-state index contributed by atoms with van der Waals surface area (Å²) >= 11 is 0. The molecule has 2 aliphatic rings. The van der Waals surface area contributed by atoms with Gasteiger partial charge in [0.1, 0.15) is 6.10 Å². The average Bonchev–Trinajstić information content (AvgIpc) is 3.36. The van der Waals surface area contributed by atoms with Crippen molar-refractivity contribution in [2.45, 2.75) is 40.2 Å². The van der Waals surface area contributed by atoms with Crippen LogP contribution in [0.1, 0.15) is 44.9 Å². The lowest BCUT2D eigenvalue weighted by molar-refractivity contribution is -0.148. The summed E-state index contributed by atoms with van der Waals surface area (Å²) < 4.78 is 41.0. The lowest BCUT2D eigenvalue weighted by Crippen LogP contribution is -2.27. The van der Waals surface area contributed by atoms with Gasteiger partial charge in [0.2, 0.25) is 18.3 Å². The molecular weight excluding hydrogens is 464 g/mol. The first kappa shape index (κ1) is 25.5. The van der Waals surface area contributed by atoms with Crippen LogP contribution in [0.25, 0.3) is 11.1 Å². The highest BCUT2D eigenvalue weighted by Gasteiger charge is 2.40. The molecule has 8 heteroatoms. The number of hydrogen-bond acceptors (Lipinski definition) is 8. The van der Waals surface area contributed by atoms with Gasteiger partial charge in [-0.2, -0.15) is 0 Å². The molecule has 0 N–H and O–H groups in total. The summed E-state index contributed by atoms with van der Waals surface area (Å²) in [5, 5.41) is 0. The first-order valence-electron chi connectivity index (χ1n) is 12.0. The van der Waals surface area contributed by atoms with E-state index in [1.54, 1.807) is 41.4 Å². The van der Waals surface area contributed by atoms with Crippen LogP contribution in [0.4, 0.5) is 0 Å². The normalized spacial score (nSPS) is 20.4. The molecule has 0 spiro atoms. The van der Waals surface area contributed by atoms with E-state index in [1.165, 1.54) is 0 Å². The SMILES string of the molecule is CC=C(C)C(=O)O[C@@H]1c2cc3c(c(OC)c2-c2c(cc(OC)c(OC)c2OC)C[C@H](C)[C@@H]1C)OCO3. The Morgan fingerprint density at radius 3 is 2.25 bits per heavy atom. The molecule has 0 bridgehead atoms. The Morgan fingerprint density at radius 1 is 0.944 bits per heavy atom. The fourth-order valence-corrected chi connectivity index (χ4v) is 4.96. The molecule has 0 aromatic heterocycles. The third kappa shape index (κ3) is 4.08. The highest BCUT2D eigenvalue weighted by molar-refractivity contribution is 5.90. The lowest BCUT2D eigenvalue weighted by Gasteiger charge is -2.35. The zero-order valence-electron chi connectivity index (χ0n) is 22.1. The van der Waals surface area contributed by atoms with Gasteiger partial charge in [0.05, 0.1) is 28.4 Å². The van der Waals surface area contributed by atoms with Crippen LogP contribution >= 0.6 is 0 Å². The Bertz CT molecular complexity index is 1200. The second-order valence-corrected chi connectivity index (χ2v) is 9.13. The molecule has 0 saturated heterocycles. The van der Waals surface area contributed by atoms with Crippen LogP contribution in [0.5, 0.6) is 34.5 Å². The van der Waals surface area contributed by atoms with Gasteiger partial charge >= 0.3 is 5.97 Å². The zero-order valence-corrected chi connectivity index (χ0v) is 22.1. The van der Waals surface area contributed by atoms with Crippen molar-refractivity contribution in [1.29, 1.82) is 0 Å². The highest BCUT2D eigenvalue weighted by atomic mass is 16.7. The molecule has 194 valence electrons. The van der Waals surface area contributed by atoms with Crippen LogP contribution in [-0.2, 0) is 16.0 Å². The first-order chi connectivity index (χ1) is 17.3. The minimum absolute atomic E-state index is 0.0327. The molecule has 0 fully saturated rings. The summed E-state index contributed by atoms with van der Waals surface area (Å²) in [6.07, 6.45) is 1.85. The van der Waals surface area contributed by atoms with Gasteiger partial charge in [-0.1, -0.05) is 19.9 Å². The van der Waals surface area contributed by atoms with Gasteiger partial charge in [-0.05, 0) is 43.9 Å². The van der Waals surface area contributed by atoms with Gasteiger partial charge in [0.25, 0.3) is 0 Å². The quantitative estimate of drug-likeness (QED) is 0.382. The molecule has 1 aliphatic carbocycles. The highest BCUT2D eigenvalue weighted by Crippen LogP contribution is 2.58. The van der Waals surface area contributed by atoms with E-state index in [2.05, 4.69) is 13.8 Å². The van der Waals surface area contributed by atoms with Crippen molar-refractivity contribution in [2.75, 3.05) is 35.2 Å². The molecule has 0 radical (unpaired) electrons. The minimum atomic E-state index is -0.577. The van der Waals surface area contributed by atoms with E-state index in [4.69, 9.17) is 33.2 Å². The minimum Gasteiger partial charge on any atom is -0.493 e. The maximum absolute atomic E-state index is 13.0. The fourth-order valence-electron chi connectivity index (χ4n) is 4.96. The second kappa shape index (κ2) is 10.2. The molecule has 0 saturated carbocycles. The van der Waals surface area contributed by atoms with Crippen LogP contribution in [0.15, 0.2) is 23.8 Å². The summed E-state index contributed by atoms with van der Waals surface area (Å²) in [6.45, 7) is 7.87. The maximum atomic E-state index is 13.0. The summed E-state index contributed by atoms with van der Waals surface area (Å²) in [6, 6.07) is 3.86. The van der Waals surface area contributed by atoms with Crippen molar-refractivity contribution in [3.05, 3.63) is 34.9 Å². The number of hydrogen-bond donors (Lipinski definition) is 0. The number of carbonyl (C=O) groups is 1. The molecule has 8 nitrogen and oxygen atoms in total. The first-order valence-corrected chi connectivity index (χ1v) is 12.0. The Labute approximate surface area is 212 Å². The van der Waals surface area contributed by atoms with Crippen LogP contribution in [0.3, 0.4) is 0 Å². The number of esters is 1. The van der Waals surface area contributed by atoms with Crippen molar-refractivity contribution in [3.8, 4) is 45.6 Å². The largest absolute Gasteiger partial charge is 0.493 e. The standard InChI is InChI=1S/C28H34O8/c1-9-14(2)28(29)36-23-16(4)15(3)10-17-11-19(30-5)24(31-6)26(32-7)21(17)22-18(23)12-20-25(27(22)33-8)35-13-34-20/h9,11-12,15-16,23H,10,13H2,1-8H3/t15-,16-,23-/m0/s1. The van der Waals surface area contributed by atoms with Gasteiger partial charge in [-0.25, -0.2) is 4.79 Å². The number of rotatable bonds is 6. The number of benzene rings is 2. The third-order valence-corrected chi connectivity index (χ3v) is 7.23. The van der Waals surface area contributed by atoms with Crippen molar-refractivity contribution in [2.24, 2.45) is 11.8 Å². The fraction of sp³-hybridized carbons (Fsp3) is 0.464. The molecule has 4 rings (SSSR count). The summed E-state index contributed by atoms with van der Waals surface area (Å²) in [7, 11) is 6.35. The van der Waals surface area contributed by atoms with E-state index in [0.29, 0.717) is 52.1 Å². The monoisotopic (exact) mass is 498 g/mol. The average molecular weight is 499 g/mol. The van der Waals surface area contributed by atoms with Crippen LogP contribution in [0.2, 0.25) is 0 Å². The second-order valence-electron chi connectivity index (χ2n) is 9.13. The van der Waals surface area contributed by atoms with Crippen LogP contribution < -0.4 is 28.4 Å². The van der Waals surface area contributed by atoms with E-state index in [0.717, 1.165) is 16.7 Å². The number of allylic oxidation sites excluding steroid dienone is 1. The third-order valence-electron chi connectivity index (χ3n) is 7.23. The van der Waals surface area contributed by atoms with Crippen LogP contribution in [0, 0.1) is 11.8 Å². The van der Waals surface area contributed by atoms with Gasteiger partial charge in [0, 0.05) is 28.2 Å². The number of fused-ring (bicyclic) bond motifs is 4. The van der Waals surface area contributed by atoms with Crippen molar-refractivity contribution >= 4 is 5.97 Å². The Kier molecular flexibility index (Phi) is 7.24. The topological polar surface area (TPSA) is 81.7 Å². The molecule has 2 aromatic carbocycles. The number of carbonyl (C=O) groups excluding carboxylic acids is 1. The zero-order chi connectivity index (χ0) is 26.1. The van der Waals surface area contributed by atoms with Crippen LogP contribution in [-0.4, -0.2) is 41.2 Å². The summed E-state index contributed by atoms with van der Waals surface area (Å²) in [4.78, 5) is 13.0. The Hall–Kier alpha value is -3.55. The molecule has 36 heavy (non-hydrogen) atoms. The van der Waals surface area contributed by atoms with Crippen molar-refractivity contribution < 1.29 is 38.0 Å². The van der Waals surface area contributed by atoms with Gasteiger partial charge < -0.3 is 33.2 Å². The summed E-state index contributed by atoms with van der Waals surface area (Å²) in [5.74, 6) is 2.79. The van der Waals surface area contributed by atoms with Crippen molar-refractivity contribution in [3.63, 3.8) is 0 Å². The molecule has 3 atom stereocenters. The Balaban J connectivity index is 2.12. The molecule has 1 aliphatic heterocycles. The molecule has 0 amide bonds. The Morgan fingerprint density at radius 2 is 1.64 bits per heavy atom. The smallest absolute Gasteiger partial charge is 0.333 e. The maximum Gasteiger partial charge on any atom is 0.333 e. The van der Waals surface area contributed by atoms with E-state index in [9.17, 15) is 4.79 Å². The predicted molar refractivity (Wildman–Crippen MR) is 135 cm³/mol. The number of methoxy groups -OCH3 is 4. The molecule has 2 aromatic rings. The molecule has 0 unspecified atom stereocenters. The van der Waals surface area contributed by atoms with Gasteiger partial charge in [-0.15, -0.1) is 0 Å².